The fourth-order valence-electron chi connectivity index (χ4n) is 13.2. The lowest BCUT2D eigenvalue weighted by molar-refractivity contribution is -0.319. The maximum absolute atomic E-state index is 14.1. The van der Waals surface area contributed by atoms with E-state index in [1.54, 1.807) is 52.5 Å². The van der Waals surface area contributed by atoms with E-state index >= 15 is 0 Å². The SMILES string of the molecule is CCN1C[C@]2(COC(=O)c3ccccc3N3C(=O)C[C@H](C)C3=O)CC[C@H](OC)[C@]34[C@@H]5C[C@H]6[C@H](OC(C)=O)[C@@H]5[C@](O)(C[C@@H]6OC)[C@@](O)([C@H]13)[C@@H](OC)[C@H]24. The number of likely N-dealkylation sites (tertiary alicyclic amines) is 1. The van der Waals surface area contributed by atoms with Crippen molar-refractivity contribution in [2.45, 2.75) is 94.5 Å². The lowest BCUT2D eigenvalue weighted by atomic mass is 9.42. The summed E-state index contributed by atoms with van der Waals surface area (Å²) in [5, 5.41) is 26.7. The summed E-state index contributed by atoms with van der Waals surface area (Å²) >= 11 is 0. The molecule has 8 rings (SSSR count). The van der Waals surface area contributed by atoms with Crippen LogP contribution in [-0.4, -0.2) is 122 Å². The predicted molar refractivity (Wildman–Crippen MR) is 179 cm³/mol. The van der Waals surface area contributed by atoms with Crippen molar-refractivity contribution >= 4 is 29.4 Å². The number of imide groups is 1. The Kier molecular flexibility index (Phi) is 8.11. The monoisotopic (exact) mass is 710 g/mol. The first kappa shape index (κ1) is 35.1. The Hall–Kier alpha value is -2.94. The van der Waals surface area contributed by atoms with Gasteiger partial charge in [-0.3, -0.25) is 19.3 Å². The number of amides is 2. The smallest absolute Gasteiger partial charge is 0.340 e. The molecule has 1 aromatic carbocycles. The molecule has 2 amide bonds. The lowest BCUT2D eigenvalue weighted by Crippen LogP contribution is -2.82. The quantitative estimate of drug-likeness (QED) is 0.284. The van der Waals surface area contributed by atoms with Crippen LogP contribution in [0, 0.1) is 40.4 Å². The third-order valence-corrected chi connectivity index (χ3v) is 14.6. The summed E-state index contributed by atoms with van der Waals surface area (Å²) in [5.41, 5.74) is -4.72. The molecule has 13 heteroatoms. The Labute approximate surface area is 297 Å². The molecule has 5 aliphatic carbocycles. The van der Waals surface area contributed by atoms with Gasteiger partial charge < -0.3 is 33.9 Å². The van der Waals surface area contributed by atoms with E-state index in [1.165, 1.54) is 6.92 Å². The molecule has 1 aromatic rings. The van der Waals surface area contributed by atoms with Gasteiger partial charge in [-0.25, -0.2) is 9.69 Å². The third kappa shape index (κ3) is 4.19. The molecule has 0 unspecified atom stereocenters. The first-order valence-electron chi connectivity index (χ1n) is 18.4. The minimum atomic E-state index is -1.82. The number of methoxy groups -OCH3 is 3. The maximum atomic E-state index is 14.1. The number of aliphatic hydroxyl groups is 2. The van der Waals surface area contributed by atoms with Crippen LogP contribution in [0.1, 0.15) is 63.2 Å². The Balaban J connectivity index is 1.24. The van der Waals surface area contributed by atoms with Crippen LogP contribution < -0.4 is 4.90 Å². The minimum Gasteiger partial charge on any atom is -0.462 e. The number of carbonyl (C=O) groups is 4. The Morgan fingerprint density at radius 1 is 1.06 bits per heavy atom. The van der Waals surface area contributed by atoms with Gasteiger partial charge in [0.05, 0.1) is 42.2 Å². The fourth-order valence-corrected chi connectivity index (χ4v) is 13.2. The molecule has 7 aliphatic rings. The number of nitrogens with zero attached hydrogens (tertiary/aromatic N) is 2. The average Bonchev–Trinajstić information content (AvgIpc) is 3.61. The molecular weight excluding hydrogens is 660 g/mol. The zero-order valence-electron chi connectivity index (χ0n) is 30.2. The Morgan fingerprint density at radius 3 is 2.43 bits per heavy atom. The highest BCUT2D eigenvalue weighted by molar-refractivity contribution is 6.22. The highest BCUT2D eigenvalue weighted by Gasteiger charge is 2.92. The number of para-hydroxylation sites is 1. The van der Waals surface area contributed by atoms with Gasteiger partial charge in [0.1, 0.15) is 17.3 Å². The summed E-state index contributed by atoms with van der Waals surface area (Å²) < 4.78 is 31.1. The van der Waals surface area contributed by atoms with E-state index in [2.05, 4.69) is 4.90 Å². The average molecular weight is 711 g/mol. The van der Waals surface area contributed by atoms with Gasteiger partial charge in [-0.05, 0) is 43.9 Å². The normalized spacial score (nSPS) is 46.4. The number of ether oxygens (including phenoxy) is 5. The molecule has 5 saturated carbocycles. The molecule has 2 saturated heterocycles. The zero-order chi connectivity index (χ0) is 36.4. The van der Waals surface area contributed by atoms with Crippen LogP contribution in [0.4, 0.5) is 5.69 Å². The van der Waals surface area contributed by atoms with Gasteiger partial charge in [0.15, 0.2) is 0 Å². The highest BCUT2D eigenvalue weighted by Crippen LogP contribution is 2.80. The second kappa shape index (κ2) is 11.8. The molecule has 7 bridgehead atoms. The van der Waals surface area contributed by atoms with Gasteiger partial charge in [0.2, 0.25) is 11.8 Å². The first-order chi connectivity index (χ1) is 24.3. The largest absolute Gasteiger partial charge is 0.462 e. The van der Waals surface area contributed by atoms with Crippen molar-refractivity contribution in [1.82, 2.24) is 4.90 Å². The summed E-state index contributed by atoms with van der Waals surface area (Å²) in [6.07, 6.45) is -0.303. The van der Waals surface area contributed by atoms with Crippen LogP contribution in [0.15, 0.2) is 24.3 Å². The molecule has 14 atom stereocenters. The lowest BCUT2D eigenvalue weighted by Gasteiger charge is -2.70. The first-order valence-corrected chi connectivity index (χ1v) is 18.4. The van der Waals surface area contributed by atoms with E-state index in [0.29, 0.717) is 32.4 Å². The van der Waals surface area contributed by atoms with Gasteiger partial charge in [0.25, 0.3) is 0 Å². The zero-order valence-corrected chi connectivity index (χ0v) is 30.2. The number of hydrogen-bond acceptors (Lipinski definition) is 12. The van der Waals surface area contributed by atoms with Crippen molar-refractivity contribution in [2.75, 3.05) is 45.9 Å². The van der Waals surface area contributed by atoms with E-state index < -0.39 is 76.1 Å². The van der Waals surface area contributed by atoms with Gasteiger partial charge >= 0.3 is 11.9 Å². The maximum Gasteiger partial charge on any atom is 0.340 e. The van der Waals surface area contributed by atoms with Crippen LogP contribution in [0.25, 0.3) is 0 Å². The molecular formula is C38H50N2O11. The summed E-state index contributed by atoms with van der Waals surface area (Å²) in [7, 11) is 4.85. The molecule has 7 fully saturated rings. The van der Waals surface area contributed by atoms with Crippen molar-refractivity contribution in [2.24, 2.45) is 40.4 Å². The van der Waals surface area contributed by atoms with Crippen LogP contribution >= 0.6 is 0 Å². The summed E-state index contributed by atoms with van der Waals surface area (Å²) in [4.78, 5) is 55.9. The van der Waals surface area contributed by atoms with Gasteiger partial charge in [-0.2, -0.15) is 0 Å². The number of likely N-dealkylation sites (N-methyl/N-ethyl adjacent to an activating group) is 1. The third-order valence-electron chi connectivity index (χ3n) is 14.6. The van der Waals surface area contributed by atoms with Crippen LogP contribution in [0.3, 0.4) is 0 Å². The number of anilines is 1. The van der Waals surface area contributed by atoms with E-state index in [0.717, 1.165) is 4.90 Å². The summed E-state index contributed by atoms with van der Waals surface area (Å²) in [5.74, 6) is -3.74. The van der Waals surface area contributed by atoms with Crippen molar-refractivity contribution < 1.29 is 53.1 Å². The molecule has 278 valence electrons. The molecule has 51 heavy (non-hydrogen) atoms. The fraction of sp³-hybridized carbons (Fsp3) is 0.737. The minimum absolute atomic E-state index is 0.0201. The summed E-state index contributed by atoms with van der Waals surface area (Å²) in [6.45, 7) is 6.10. The number of carbonyl (C=O) groups excluding carboxylic acids is 4. The Bertz CT molecular complexity index is 1650. The molecule has 2 aliphatic heterocycles. The topological polar surface area (TPSA) is 161 Å². The van der Waals surface area contributed by atoms with E-state index in [1.807, 2.05) is 6.92 Å². The number of hydrogen-bond donors (Lipinski definition) is 2. The standard InChI is InChI=1S/C38H50N2O11/c1-7-39-17-35(18-50-33(44)21-10-8-9-11-24(21)40-27(42)14-19(2)32(40)43)13-12-26(48-5)37-23-15-22-25(47-4)16-36(45,28(23)29(22)51-20(3)41)38(46,34(37)39)31(49-6)30(35)37/h8-11,19,22-23,25-26,28-31,34,45-46H,7,12-18H2,1-6H3/t19-,22+,23+,25-,26-,28+,29-,30+,31-,34+,35-,36+,37-,38-/m0/s1. The van der Waals surface area contributed by atoms with Crippen molar-refractivity contribution in [3.05, 3.63) is 29.8 Å². The number of rotatable bonds is 9. The highest BCUT2D eigenvalue weighted by atomic mass is 16.6. The predicted octanol–water partition coefficient (Wildman–Crippen LogP) is 1.95. The number of benzene rings is 1. The van der Waals surface area contributed by atoms with Crippen LogP contribution in [0.5, 0.6) is 0 Å². The van der Waals surface area contributed by atoms with E-state index in [9.17, 15) is 29.4 Å². The second-order valence-electron chi connectivity index (χ2n) is 16.3. The van der Waals surface area contributed by atoms with Crippen molar-refractivity contribution in [3.8, 4) is 0 Å². The molecule has 13 nitrogen and oxygen atoms in total. The number of fused-ring (bicyclic) bond motifs is 2. The molecule has 2 heterocycles. The van der Waals surface area contributed by atoms with Gasteiger partial charge in [0, 0.05) is 82.1 Å². The van der Waals surface area contributed by atoms with E-state index in [4.69, 9.17) is 23.7 Å². The Morgan fingerprint density at radius 2 is 1.80 bits per heavy atom. The van der Waals surface area contributed by atoms with Crippen LogP contribution in [-0.2, 0) is 38.1 Å². The number of piperidine rings is 1. The van der Waals surface area contributed by atoms with Gasteiger partial charge in [-0.15, -0.1) is 0 Å². The van der Waals surface area contributed by atoms with E-state index in [-0.39, 0.29) is 60.5 Å². The molecule has 0 aromatic heterocycles. The molecule has 2 N–H and O–H groups in total. The second-order valence-corrected chi connectivity index (χ2v) is 16.3. The van der Waals surface area contributed by atoms with Crippen molar-refractivity contribution in [3.63, 3.8) is 0 Å². The molecule has 1 spiro atoms. The molecule has 0 radical (unpaired) electrons. The van der Waals surface area contributed by atoms with Crippen molar-refractivity contribution in [1.29, 1.82) is 0 Å². The van der Waals surface area contributed by atoms with Gasteiger partial charge in [-0.1, -0.05) is 26.0 Å². The number of esters is 2. The summed E-state index contributed by atoms with van der Waals surface area (Å²) in [6, 6.07) is 5.95. The van der Waals surface area contributed by atoms with Crippen LogP contribution in [0.2, 0.25) is 0 Å².